The molecule has 3 rings (SSSR count). The minimum atomic E-state index is -1.92. The van der Waals surface area contributed by atoms with Gasteiger partial charge in [0.25, 0.3) is 0 Å². The standard InChI is InChI=1S/C28H32NO.3ClH.Ti/c1-27(2,3)23-17-22(26(30)24(18-23)28(4,5)6)19-29-25-15-11-10-14-21(25)16-20-12-8-7-9-13-20;;;;/h7-19,30H,1-6H3;3*1H;/q-1;;;;+4/p-3. The van der Waals surface area contributed by atoms with Crippen LogP contribution in [-0.4, -0.2) is 11.3 Å². The van der Waals surface area contributed by atoms with Crippen LogP contribution in [0.3, 0.4) is 0 Å². The molecular weight excluding hydrogens is 521 g/mol. The molecule has 0 spiro atoms. The van der Waals surface area contributed by atoms with Gasteiger partial charge in [-0.05, 0) is 22.5 Å². The van der Waals surface area contributed by atoms with E-state index in [0.717, 1.165) is 27.9 Å². The maximum absolute atomic E-state index is 11.0. The van der Waals surface area contributed by atoms with Gasteiger partial charge in [-0.1, -0.05) is 89.6 Å². The van der Waals surface area contributed by atoms with Crippen LogP contribution in [0, 0.1) is 6.42 Å². The fourth-order valence-electron chi connectivity index (χ4n) is 3.36. The predicted octanol–water partition coefficient (Wildman–Crippen LogP) is 9.40. The molecule has 3 aromatic carbocycles. The molecule has 3 aromatic rings. The van der Waals surface area contributed by atoms with Crippen LogP contribution in [0.2, 0.25) is 0 Å². The number of para-hydroxylation sites is 1. The molecule has 0 radical (unpaired) electrons. The summed E-state index contributed by atoms with van der Waals surface area (Å²) in [7, 11) is 14.9. The predicted molar refractivity (Wildman–Crippen MR) is 146 cm³/mol. The number of phenols is 1. The van der Waals surface area contributed by atoms with Crippen molar-refractivity contribution in [2.75, 3.05) is 0 Å². The van der Waals surface area contributed by atoms with Gasteiger partial charge in [-0.2, -0.15) is 0 Å². The Morgan fingerprint density at radius 1 is 0.824 bits per heavy atom. The Balaban J connectivity index is 0.000000945. The van der Waals surface area contributed by atoms with Gasteiger partial charge in [-0.15, -0.1) is 30.2 Å². The van der Waals surface area contributed by atoms with E-state index in [0.29, 0.717) is 5.75 Å². The van der Waals surface area contributed by atoms with Crippen molar-refractivity contribution in [3.8, 4) is 5.75 Å². The number of hydrogen-bond acceptors (Lipinski definition) is 2. The van der Waals surface area contributed by atoms with Crippen molar-refractivity contribution in [2.45, 2.75) is 52.4 Å². The van der Waals surface area contributed by atoms with Gasteiger partial charge in [0.1, 0.15) is 5.75 Å². The van der Waals surface area contributed by atoms with Crippen molar-refractivity contribution in [3.63, 3.8) is 0 Å². The fraction of sp³-hybridized carbons (Fsp3) is 0.286. The second-order valence-corrected chi connectivity index (χ2v) is 17.8. The Morgan fingerprint density at radius 3 is 1.94 bits per heavy atom. The Kier molecular flexibility index (Phi) is 10.6. The van der Waals surface area contributed by atoms with Gasteiger partial charge < -0.3 is 5.11 Å². The summed E-state index contributed by atoms with van der Waals surface area (Å²) in [6.45, 7) is 12.9. The van der Waals surface area contributed by atoms with Crippen LogP contribution in [0.5, 0.6) is 5.75 Å². The summed E-state index contributed by atoms with van der Waals surface area (Å²) in [4.78, 5) is 4.76. The molecule has 0 saturated heterocycles. The van der Waals surface area contributed by atoms with Crippen molar-refractivity contribution in [3.05, 3.63) is 101 Å². The van der Waals surface area contributed by atoms with E-state index in [4.69, 9.17) is 32.9 Å². The molecule has 0 aromatic heterocycles. The normalized spacial score (nSPS) is 11.7. The molecule has 180 valence electrons. The molecule has 0 aliphatic heterocycles. The third-order valence-electron chi connectivity index (χ3n) is 5.21. The van der Waals surface area contributed by atoms with Gasteiger partial charge in [0.2, 0.25) is 0 Å². The molecule has 34 heavy (non-hydrogen) atoms. The second-order valence-electron chi connectivity index (χ2n) is 10.0. The number of rotatable bonds is 4. The summed E-state index contributed by atoms with van der Waals surface area (Å²) in [6, 6.07) is 22.5. The van der Waals surface area contributed by atoms with Gasteiger partial charge in [0, 0.05) is 23.0 Å². The first-order chi connectivity index (χ1) is 15.8. The molecule has 0 fully saturated rings. The fourth-order valence-corrected chi connectivity index (χ4v) is 3.36. The Morgan fingerprint density at radius 2 is 1.38 bits per heavy atom. The summed E-state index contributed by atoms with van der Waals surface area (Å²) < 4.78 is 0. The monoisotopic (exact) mass is 551 g/mol. The van der Waals surface area contributed by atoms with E-state index in [2.05, 4.69) is 78.3 Å². The molecule has 0 atom stereocenters. The Labute approximate surface area is 222 Å². The van der Waals surface area contributed by atoms with Crippen LogP contribution < -0.4 is 0 Å². The first kappa shape index (κ1) is 28.8. The van der Waals surface area contributed by atoms with Crippen molar-refractivity contribution >= 4 is 39.8 Å². The van der Waals surface area contributed by atoms with Crippen LogP contribution in [0.15, 0.2) is 71.7 Å². The van der Waals surface area contributed by atoms with Gasteiger partial charge in [0.15, 0.2) is 0 Å². The number of benzene rings is 3. The van der Waals surface area contributed by atoms with Gasteiger partial charge in [-0.3, -0.25) is 4.99 Å². The second kappa shape index (κ2) is 12.5. The summed E-state index contributed by atoms with van der Waals surface area (Å²) in [5.41, 5.74) is 5.76. The van der Waals surface area contributed by atoms with Gasteiger partial charge in [-0.25, -0.2) is 0 Å². The zero-order valence-electron chi connectivity index (χ0n) is 20.5. The van der Waals surface area contributed by atoms with E-state index in [9.17, 15) is 5.11 Å². The number of phenolic OH excluding ortho intramolecular Hbond substituents is 1. The molecule has 1 N–H and O–H groups in total. The molecule has 6 heteroatoms. The number of halogens is 3. The topological polar surface area (TPSA) is 32.6 Å². The molecule has 0 unspecified atom stereocenters. The molecule has 0 aliphatic carbocycles. The first-order valence-corrected chi connectivity index (χ1v) is 17.5. The molecule has 0 bridgehead atoms. The van der Waals surface area contributed by atoms with E-state index >= 15 is 0 Å². The van der Waals surface area contributed by atoms with Crippen molar-refractivity contribution < 1.29 is 19.8 Å². The minimum absolute atomic E-state index is 0.0186. The SMILES string of the molecule is CC(C)(C)c1cc(C=Nc2ccccc2[CH-]c2ccccc2)c(O)c(C(C)(C)C)c1.[Cl][Ti+]([Cl])[Cl]. The van der Waals surface area contributed by atoms with Crippen molar-refractivity contribution in [1.82, 2.24) is 0 Å². The number of aromatic hydroxyl groups is 1. The summed E-state index contributed by atoms with van der Waals surface area (Å²) >= 11 is -1.92. The summed E-state index contributed by atoms with van der Waals surface area (Å²) in [5.74, 6) is 0.309. The Bertz CT molecular complexity index is 1100. The van der Waals surface area contributed by atoms with E-state index < -0.39 is 14.7 Å². The van der Waals surface area contributed by atoms with Crippen LogP contribution in [0.25, 0.3) is 0 Å². The number of nitrogens with zero attached hydrogens (tertiary/aromatic N) is 1. The van der Waals surface area contributed by atoms with Crippen molar-refractivity contribution in [1.29, 1.82) is 0 Å². The van der Waals surface area contributed by atoms with Crippen LogP contribution >= 0.6 is 27.9 Å². The van der Waals surface area contributed by atoms with Crippen molar-refractivity contribution in [2.24, 2.45) is 4.99 Å². The quantitative estimate of drug-likeness (QED) is 0.195. The molecular formula is C28H32Cl3NOTi. The van der Waals surface area contributed by atoms with E-state index in [1.807, 2.05) is 36.4 Å². The Hall–Kier alpha value is -1.42. The zero-order valence-corrected chi connectivity index (χ0v) is 24.4. The number of aliphatic imine (C=N–C) groups is 1. The average molecular weight is 553 g/mol. The van der Waals surface area contributed by atoms with E-state index in [-0.39, 0.29) is 10.8 Å². The van der Waals surface area contributed by atoms with Crippen LogP contribution in [0.4, 0.5) is 5.69 Å². The zero-order chi connectivity index (χ0) is 25.5. The molecule has 0 heterocycles. The third-order valence-corrected chi connectivity index (χ3v) is 5.21. The van der Waals surface area contributed by atoms with E-state index in [1.54, 1.807) is 6.21 Å². The molecule has 2 nitrogen and oxygen atoms in total. The van der Waals surface area contributed by atoms with Gasteiger partial charge >= 0.3 is 42.6 Å². The maximum atomic E-state index is 11.0. The van der Waals surface area contributed by atoms with E-state index in [1.165, 1.54) is 5.56 Å². The third kappa shape index (κ3) is 8.98. The molecule has 0 saturated carbocycles. The summed E-state index contributed by atoms with van der Waals surface area (Å²) in [5, 5.41) is 11.0. The van der Waals surface area contributed by atoms with Gasteiger partial charge in [0.05, 0.1) is 0 Å². The molecule has 0 amide bonds. The molecule has 0 aliphatic rings. The van der Waals surface area contributed by atoms with Crippen LogP contribution in [0.1, 0.15) is 69.4 Å². The summed E-state index contributed by atoms with van der Waals surface area (Å²) in [6.07, 6.45) is 3.91. The average Bonchev–Trinajstić information content (AvgIpc) is 2.72. The first-order valence-electron chi connectivity index (χ1n) is 11.0. The van der Waals surface area contributed by atoms with Crippen LogP contribution in [-0.2, 0) is 25.5 Å². The number of hydrogen-bond donors (Lipinski definition) is 1.